The number of hydroxylamine groups is 2. The second kappa shape index (κ2) is 12.5. The molecule has 1 aliphatic heterocycles. The molecule has 0 spiro atoms. The van der Waals surface area contributed by atoms with Gasteiger partial charge >= 0.3 is 11.9 Å². The summed E-state index contributed by atoms with van der Waals surface area (Å²) < 4.78 is 0. The summed E-state index contributed by atoms with van der Waals surface area (Å²) in [6, 6.07) is 3.11. The fraction of sp³-hybridized carbons (Fsp3) is 0.682. The number of carboxylic acid groups (broad SMARTS) is 1. The number of fused-ring (bicyclic) bond motifs is 1. The van der Waals surface area contributed by atoms with Gasteiger partial charge in [-0.15, -0.1) is 5.06 Å². The molecule has 0 unspecified atom stereocenters. The van der Waals surface area contributed by atoms with Gasteiger partial charge in [-0.05, 0) is 63.0 Å². The average molecular weight is 422 g/mol. The number of aliphatic hydroxyl groups excluding tert-OH is 1. The average Bonchev–Trinajstić information content (AvgIpc) is 2.74. The molecule has 0 saturated carbocycles. The summed E-state index contributed by atoms with van der Waals surface area (Å²) in [5.41, 5.74) is 2.24. The fourth-order valence-corrected chi connectivity index (χ4v) is 3.67. The van der Waals surface area contributed by atoms with Crippen molar-refractivity contribution in [2.24, 2.45) is 5.92 Å². The zero-order valence-electron chi connectivity index (χ0n) is 18.1. The highest BCUT2D eigenvalue weighted by atomic mass is 16.7. The standard InChI is InChI=1S/C22H35N3O5/c1-3-16(4-2)22(29)30-25(19(12-15-26)21(27)28)14-6-5-9-18-11-10-17-8-7-13-23-20(17)24-18/h10-11,16,19,26H,3-9,12-15H2,1-2H3,(H,23,24)(H,27,28)/t19-/m0/s1. The molecule has 0 aliphatic carbocycles. The first-order valence-electron chi connectivity index (χ1n) is 11.0. The van der Waals surface area contributed by atoms with Gasteiger partial charge < -0.3 is 20.4 Å². The second-order valence-corrected chi connectivity index (χ2v) is 7.73. The first kappa shape index (κ1) is 24.1. The number of carbonyl (C=O) groups is 2. The molecule has 1 aromatic heterocycles. The van der Waals surface area contributed by atoms with Crippen LogP contribution in [-0.2, 0) is 27.3 Å². The summed E-state index contributed by atoms with van der Waals surface area (Å²) in [6.07, 6.45) is 5.66. The van der Waals surface area contributed by atoms with Crippen LogP contribution in [0.4, 0.5) is 5.82 Å². The molecule has 8 nitrogen and oxygen atoms in total. The van der Waals surface area contributed by atoms with Crippen LogP contribution < -0.4 is 5.32 Å². The first-order chi connectivity index (χ1) is 14.5. The molecule has 0 bridgehead atoms. The highest BCUT2D eigenvalue weighted by Gasteiger charge is 2.30. The molecule has 8 heteroatoms. The van der Waals surface area contributed by atoms with Crippen LogP contribution in [0.2, 0.25) is 0 Å². The number of rotatable bonds is 13. The van der Waals surface area contributed by atoms with Crippen LogP contribution in [0.1, 0.15) is 63.6 Å². The Labute approximate surface area is 178 Å². The summed E-state index contributed by atoms with van der Waals surface area (Å²) in [5.74, 6) is -0.813. The minimum Gasteiger partial charge on any atom is -0.480 e. The van der Waals surface area contributed by atoms with Gasteiger partial charge in [-0.2, -0.15) is 0 Å². The topological polar surface area (TPSA) is 112 Å². The van der Waals surface area contributed by atoms with Crippen molar-refractivity contribution in [2.75, 3.05) is 25.0 Å². The van der Waals surface area contributed by atoms with Crippen molar-refractivity contribution >= 4 is 17.8 Å². The predicted molar refractivity (Wildman–Crippen MR) is 114 cm³/mol. The molecular weight excluding hydrogens is 386 g/mol. The molecule has 0 aromatic carbocycles. The van der Waals surface area contributed by atoms with Crippen molar-refractivity contribution in [1.82, 2.24) is 10.0 Å². The number of aliphatic carboxylic acids is 1. The number of aryl methyl sites for hydroxylation is 2. The van der Waals surface area contributed by atoms with E-state index in [9.17, 15) is 19.8 Å². The van der Waals surface area contributed by atoms with E-state index in [-0.39, 0.29) is 18.9 Å². The minimum atomic E-state index is -1.11. The number of pyridine rings is 1. The summed E-state index contributed by atoms with van der Waals surface area (Å²) >= 11 is 0. The third kappa shape index (κ3) is 6.95. The molecule has 2 heterocycles. The van der Waals surface area contributed by atoms with Crippen LogP contribution in [0.3, 0.4) is 0 Å². The third-order valence-electron chi connectivity index (χ3n) is 5.57. The lowest BCUT2D eigenvalue weighted by molar-refractivity contribution is -0.212. The number of hydrogen-bond acceptors (Lipinski definition) is 7. The van der Waals surface area contributed by atoms with Crippen LogP contribution >= 0.6 is 0 Å². The fourth-order valence-electron chi connectivity index (χ4n) is 3.67. The summed E-state index contributed by atoms with van der Waals surface area (Å²) in [6.45, 7) is 4.76. The molecular formula is C22H35N3O5. The minimum absolute atomic E-state index is 0.00355. The Hall–Kier alpha value is -2.19. The SMILES string of the molecule is CCC(CC)C(=O)ON(CCCCc1ccc2c(n1)NCCC2)[C@@H](CCO)C(=O)O. The van der Waals surface area contributed by atoms with Gasteiger partial charge in [-0.25, -0.2) is 4.98 Å². The maximum absolute atomic E-state index is 12.4. The van der Waals surface area contributed by atoms with E-state index < -0.39 is 18.0 Å². The number of carboxylic acids is 1. The molecule has 0 radical (unpaired) electrons. The number of hydrogen-bond donors (Lipinski definition) is 3. The van der Waals surface area contributed by atoms with Gasteiger partial charge in [0.15, 0.2) is 0 Å². The molecule has 1 atom stereocenters. The lowest BCUT2D eigenvalue weighted by atomic mass is 10.0. The molecule has 1 aromatic rings. The normalized spacial score (nSPS) is 14.3. The lowest BCUT2D eigenvalue weighted by Gasteiger charge is -2.28. The van der Waals surface area contributed by atoms with E-state index in [0.717, 1.165) is 43.7 Å². The van der Waals surface area contributed by atoms with Gasteiger partial charge in [0.25, 0.3) is 0 Å². The maximum Gasteiger partial charge on any atom is 0.328 e. The Morgan fingerprint density at radius 3 is 2.70 bits per heavy atom. The summed E-state index contributed by atoms with van der Waals surface area (Å²) in [5, 5.41) is 23.3. The Morgan fingerprint density at radius 2 is 2.03 bits per heavy atom. The number of nitrogens with one attached hydrogen (secondary N) is 1. The first-order valence-corrected chi connectivity index (χ1v) is 11.0. The number of anilines is 1. The zero-order chi connectivity index (χ0) is 21.9. The maximum atomic E-state index is 12.4. The molecule has 0 saturated heterocycles. The Balaban J connectivity index is 1.94. The van der Waals surface area contributed by atoms with Gasteiger partial charge in [-0.3, -0.25) is 9.59 Å². The van der Waals surface area contributed by atoms with Gasteiger partial charge in [-0.1, -0.05) is 19.9 Å². The predicted octanol–water partition coefficient (Wildman–Crippen LogP) is 2.79. The van der Waals surface area contributed by atoms with Crippen molar-refractivity contribution in [3.05, 3.63) is 23.4 Å². The monoisotopic (exact) mass is 421 g/mol. The Morgan fingerprint density at radius 1 is 1.27 bits per heavy atom. The van der Waals surface area contributed by atoms with Gasteiger partial charge in [0.05, 0.1) is 5.92 Å². The van der Waals surface area contributed by atoms with Crippen molar-refractivity contribution in [2.45, 2.75) is 71.3 Å². The summed E-state index contributed by atoms with van der Waals surface area (Å²) in [4.78, 5) is 34.2. The second-order valence-electron chi connectivity index (χ2n) is 7.73. The van der Waals surface area contributed by atoms with Crippen LogP contribution in [0.25, 0.3) is 0 Å². The van der Waals surface area contributed by atoms with E-state index >= 15 is 0 Å². The van der Waals surface area contributed by atoms with Gasteiger partial charge in [0, 0.05) is 25.4 Å². The zero-order valence-corrected chi connectivity index (χ0v) is 18.1. The Bertz CT molecular complexity index is 693. The number of unbranched alkanes of at least 4 members (excludes halogenated alkanes) is 1. The van der Waals surface area contributed by atoms with E-state index in [1.54, 1.807) is 0 Å². The smallest absolute Gasteiger partial charge is 0.328 e. The van der Waals surface area contributed by atoms with Crippen molar-refractivity contribution < 1.29 is 24.6 Å². The largest absolute Gasteiger partial charge is 0.480 e. The molecule has 1 aliphatic rings. The van der Waals surface area contributed by atoms with E-state index in [4.69, 9.17) is 4.84 Å². The van der Waals surface area contributed by atoms with Crippen LogP contribution in [-0.4, -0.2) is 57.9 Å². The van der Waals surface area contributed by atoms with E-state index in [2.05, 4.69) is 16.4 Å². The number of nitrogens with zero attached hydrogens (tertiary/aromatic N) is 2. The Kier molecular flexibility index (Phi) is 10.0. The molecule has 168 valence electrons. The van der Waals surface area contributed by atoms with Gasteiger partial charge in [0.2, 0.25) is 0 Å². The quantitative estimate of drug-likeness (QED) is 0.329. The van der Waals surface area contributed by atoms with E-state index in [1.807, 2.05) is 19.9 Å². The van der Waals surface area contributed by atoms with E-state index in [1.165, 1.54) is 10.6 Å². The highest BCUT2D eigenvalue weighted by molar-refractivity contribution is 5.75. The van der Waals surface area contributed by atoms with Crippen LogP contribution in [0.15, 0.2) is 12.1 Å². The molecule has 3 N–H and O–H groups in total. The molecule has 0 fully saturated rings. The van der Waals surface area contributed by atoms with Crippen LogP contribution in [0.5, 0.6) is 0 Å². The van der Waals surface area contributed by atoms with Crippen molar-refractivity contribution in [3.8, 4) is 0 Å². The summed E-state index contributed by atoms with van der Waals surface area (Å²) in [7, 11) is 0. The van der Waals surface area contributed by atoms with Crippen LogP contribution in [0, 0.1) is 5.92 Å². The van der Waals surface area contributed by atoms with E-state index in [0.29, 0.717) is 25.8 Å². The van der Waals surface area contributed by atoms with Crippen molar-refractivity contribution in [1.29, 1.82) is 0 Å². The third-order valence-corrected chi connectivity index (χ3v) is 5.57. The van der Waals surface area contributed by atoms with Gasteiger partial charge in [0.1, 0.15) is 11.9 Å². The lowest BCUT2D eigenvalue weighted by Crippen LogP contribution is -2.44. The number of carbonyl (C=O) groups excluding carboxylic acids is 1. The highest BCUT2D eigenvalue weighted by Crippen LogP contribution is 2.20. The number of aromatic nitrogens is 1. The number of aliphatic hydroxyl groups is 1. The molecule has 0 amide bonds. The van der Waals surface area contributed by atoms with Crippen molar-refractivity contribution in [3.63, 3.8) is 0 Å². The molecule has 30 heavy (non-hydrogen) atoms. The molecule has 2 rings (SSSR count).